The Kier molecular flexibility index (Phi) is 7.03. The van der Waals surface area contributed by atoms with Crippen LogP contribution in [0.4, 0.5) is 5.69 Å². The highest BCUT2D eigenvalue weighted by Crippen LogP contribution is 2.16. The van der Waals surface area contributed by atoms with Crippen LogP contribution in [-0.4, -0.2) is 26.2 Å². The van der Waals surface area contributed by atoms with Gasteiger partial charge in [-0.1, -0.05) is 40.2 Å². The quantitative estimate of drug-likeness (QED) is 0.412. The third-order valence-corrected chi connectivity index (χ3v) is 4.75. The minimum absolute atomic E-state index is 0.273. The molecule has 0 aliphatic heterocycles. The fourth-order valence-electron chi connectivity index (χ4n) is 2.54. The van der Waals surface area contributed by atoms with Crippen molar-refractivity contribution in [2.24, 2.45) is 5.10 Å². The molecule has 0 spiro atoms. The van der Waals surface area contributed by atoms with E-state index in [2.05, 4.69) is 26.5 Å². The summed E-state index contributed by atoms with van der Waals surface area (Å²) < 4.78 is 6.78. The SMILES string of the molecule is CN(C)c1ccc(/C=N\NC(=O)c2ccc(OCc3ccc(Br)cc3)cc2)cc1. The molecule has 0 saturated heterocycles. The van der Waals surface area contributed by atoms with Gasteiger partial charge in [-0.3, -0.25) is 4.79 Å². The molecule has 0 unspecified atom stereocenters. The summed E-state index contributed by atoms with van der Waals surface area (Å²) in [7, 11) is 3.97. The van der Waals surface area contributed by atoms with Crippen molar-refractivity contribution >= 4 is 33.7 Å². The highest BCUT2D eigenvalue weighted by atomic mass is 79.9. The van der Waals surface area contributed by atoms with Crippen LogP contribution in [0.2, 0.25) is 0 Å². The highest BCUT2D eigenvalue weighted by molar-refractivity contribution is 9.10. The molecule has 0 saturated carbocycles. The second-order valence-electron chi connectivity index (χ2n) is 6.62. The van der Waals surface area contributed by atoms with Gasteiger partial charge in [0.05, 0.1) is 6.21 Å². The van der Waals surface area contributed by atoms with Gasteiger partial charge in [0.25, 0.3) is 5.91 Å². The number of carbonyl (C=O) groups excluding carboxylic acids is 1. The molecule has 0 heterocycles. The molecule has 3 aromatic carbocycles. The minimum Gasteiger partial charge on any atom is -0.489 e. The number of anilines is 1. The normalized spacial score (nSPS) is 10.7. The molecule has 1 amide bonds. The molecule has 3 aromatic rings. The van der Waals surface area contributed by atoms with Crippen molar-refractivity contribution in [3.05, 3.63) is 94.0 Å². The molecule has 1 N–H and O–H groups in total. The molecule has 0 fully saturated rings. The van der Waals surface area contributed by atoms with Gasteiger partial charge in [-0.2, -0.15) is 5.10 Å². The Morgan fingerprint density at radius 3 is 2.28 bits per heavy atom. The van der Waals surface area contributed by atoms with Crippen LogP contribution in [-0.2, 0) is 6.61 Å². The lowest BCUT2D eigenvalue weighted by molar-refractivity contribution is 0.0955. The Labute approximate surface area is 179 Å². The predicted molar refractivity (Wildman–Crippen MR) is 121 cm³/mol. The van der Waals surface area contributed by atoms with Gasteiger partial charge < -0.3 is 9.64 Å². The van der Waals surface area contributed by atoms with Crippen LogP contribution in [0.15, 0.2) is 82.4 Å². The molecular formula is C23H22BrN3O2. The summed E-state index contributed by atoms with van der Waals surface area (Å²) in [4.78, 5) is 14.2. The first-order valence-corrected chi connectivity index (χ1v) is 9.89. The largest absolute Gasteiger partial charge is 0.489 e. The molecular weight excluding hydrogens is 430 g/mol. The van der Waals surface area contributed by atoms with E-state index < -0.39 is 0 Å². The van der Waals surface area contributed by atoms with Crippen LogP contribution in [0, 0.1) is 0 Å². The Balaban J connectivity index is 1.51. The Morgan fingerprint density at radius 1 is 1.00 bits per heavy atom. The van der Waals surface area contributed by atoms with Gasteiger partial charge in [0.2, 0.25) is 0 Å². The number of carbonyl (C=O) groups is 1. The number of nitrogens with zero attached hydrogens (tertiary/aromatic N) is 2. The fraction of sp³-hybridized carbons (Fsp3) is 0.130. The molecule has 0 aliphatic rings. The summed E-state index contributed by atoms with van der Waals surface area (Å²) in [5.74, 6) is 0.430. The van der Waals surface area contributed by atoms with E-state index in [0.29, 0.717) is 17.9 Å². The Morgan fingerprint density at radius 2 is 1.66 bits per heavy atom. The summed E-state index contributed by atoms with van der Waals surface area (Å²) in [6, 6.07) is 22.8. The molecule has 0 aliphatic carbocycles. The highest BCUT2D eigenvalue weighted by Gasteiger charge is 2.05. The summed E-state index contributed by atoms with van der Waals surface area (Å²) in [6.45, 7) is 0.468. The van der Waals surface area contributed by atoms with Crippen molar-refractivity contribution in [3.63, 3.8) is 0 Å². The molecule has 3 rings (SSSR count). The number of amides is 1. The van der Waals surface area contributed by atoms with E-state index in [4.69, 9.17) is 4.74 Å². The van der Waals surface area contributed by atoms with Crippen LogP contribution in [0.5, 0.6) is 5.75 Å². The minimum atomic E-state index is -0.273. The third-order valence-electron chi connectivity index (χ3n) is 4.22. The van der Waals surface area contributed by atoms with E-state index in [1.54, 1.807) is 30.5 Å². The van der Waals surface area contributed by atoms with Crippen molar-refractivity contribution in [1.82, 2.24) is 5.43 Å². The molecule has 5 nitrogen and oxygen atoms in total. The van der Waals surface area contributed by atoms with Gasteiger partial charge in [-0.15, -0.1) is 0 Å². The van der Waals surface area contributed by atoms with Gasteiger partial charge >= 0.3 is 0 Å². The van der Waals surface area contributed by atoms with Gasteiger partial charge in [0.15, 0.2) is 0 Å². The summed E-state index contributed by atoms with van der Waals surface area (Å²) in [5, 5.41) is 4.02. The second-order valence-corrected chi connectivity index (χ2v) is 7.54. The van der Waals surface area contributed by atoms with Gasteiger partial charge in [0.1, 0.15) is 12.4 Å². The lowest BCUT2D eigenvalue weighted by atomic mass is 10.2. The van der Waals surface area contributed by atoms with Gasteiger partial charge in [-0.25, -0.2) is 5.43 Å². The van der Waals surface area contributed by atoms with E-state index in [-0.39, 0.29) is 5.91 Å². The lowest BCUT2D eigenvalue weighted by Crippen LogP contribution is -2.17. The zero-order valence-electron chi connectivity index (χ0n) is 16.3. The maximum Gasteiger partial charge on any atom is 0.271 e. The first-order valence-electron chi connectivity index (χ1n) is 9.09. The number of hydrazone groups is 1. The summed E-state index contributed by atoms with van der Waals surface area (Å²) in [5.41, 5.74) is 6.14. The van der Waals surface area contributed by atoms with Crippen LogP contribution in [0.3, 0.4) is 0 Å². The number of nitrogens with one attached hydrogen (secondary N) is 1. The molecule has 0 atom stereocenters. The van der Waals surface area contributed by atoms with E-state index in [1.807, 2.05) is 67.5 Å². The smallest absolute Gasteiger partial charge is 0.271 e. The molecule has 6 heteroatoms. The van der Waals surface area contributed by atoms with Crippen molar-refractivity contribution in [2.75, 3.05) is 19.0 Å². The fourth-order valence-corrected chi connectivity index (χ4v) is 2.80. The van der Waals surface area contributed by atoms with Crippen LogP contribution in [0.25, 0.3) is 0 Å². The average molecular weight is 452 g/mol. The predicted octanol–water partition coefficient (Wildman–Crippen LogP) is 4.86. The van der Waals surface area contributed by atoms with E-state index in [0.717, 1.165) is 21.3 Å². The van der Waals surface area contributed by atoms with E-state index in [9.17, 15) is 4.79 Å². The first kappa shape index (κ1) is 20.6. The number of rotatable bonds is 7. The van der Waals surface area contributed by atoms with Crippen molar-refractivity contribution < 1.29 is 9.53 Å². The number of hydrogen-bond acceptors (Lipinski definition) is 4. The average Bonchev–Trinajstić information content (AvgIpc) is 2.74. The molecule has 0 aromatic heterocycles. The Bertz CT molecular complexity index is 967. The third kappa shape index (κ3) is 6.19. The van der Waals surface area contributed by atoms with E-state index in [1.165, 1.54) is 0 Å². The zero-order valence-corrected chi connectivity index (χ0v) is 17.9. The van der Waals surface area contributed by atoms with Gasteiger partial charge in [0, 0.05) is 29.8 Å². The topological polar surface area (TPSA) is 53.9 Å². The monoisotopic (exact) mass is 451 g/mol. The van der Waals surface area contributed by atoms with Crippen LogP contribution < -0.4 is 15.1 Å². The summed E-state index contributed by atoms with van der Waals surface area (Å²) in [6.07, 6.45) is 1.62. The first-order chi connectivity index (χ1) is 14.0. The lowest BCUT2D eigenvalue weighted by Gasteiger charge is -2.11. The number of benzene rings is 3. The maximum atomic E-state index is 12.2. The number of halogens is 1. The van der Waals surface area contributed by atoms with Crippen LogP contribution >= 0.6 is 15.9 Å². The zero-order chi connectivity index (χ0) is 20.6. The van der Waals surface area contributed by atoms with Gasteiger partial charge in [-0.05, 0) is 59.7 Å². The van der Waals surface area contributed by atoms with Crippen molar-refractivity contribution in [1.29, 1.82) is 0 Å². The number of ether oxygens (including phenoxy) is 1. The maximum absolute atomic E-state index is 12.2. The second kappa shape index (κ2) is 9.89. The molecule has 29 heavy (non-hydrogen) atoms. The Hall–Kier alpha value is -3.12. The molecule has 148 valence electrons. The standard InChI is InChI=1S/C23H22BrN3O2/c1-27(2)21-11-5-17(6-12-21)15-25-26-23(28)19-7-13-22(14-8-19)29-16-18-3-9-20(24)10-4-18/h3-15H,16H2,1-2H3,(H,26,28)/b25-15-. The van der Waals surface area contributed by atoms with Crippen molar-refractivity contribution in [2.45, 2.75) is 6.61 Å². The van der Waals surface area contributed by atoms with Crippen molar-refractivity contribution in [3.8, 4) is 5.75 Å². The molecule has 0 radical (unpaired) electrons. The van der Waals surface area contributed by atoms with E-state index >= 15 is 0 Å². The number of hydrogen-bond donors (Lipinski definition) is 1. The summed E-state index contributed by atoms with van der Waals surface area (Å²) >= 11 is 3.41. The van der Waals surface area contributed by atoms with Crippen LogP contribution in [0.1, 0.15) is 21.5 Å². The molecule has 0 bridgehead atoms.